The van der Waals surface area contributed by atoms with Gasteiger partial charge in [-0.25, -0.2) is 0 Å². The zero-order valence-corrected chi connectivity index (χ0v) is 18.7. The fourth-order valence-corrected chi connectivity index (χ4v) is 4.11. The number of hydrogen-bond donors (Lipinski definition) is 0. The van der Waals surface area contributed by atoms with E-state index in [0.717, 1.165) is 28.4 Å². The average Bonchev–Trinajstić information content (AvgIpc) is 2.89. The van der Waals surface area contributed by atoms with Gasteiger partial charge in [0.2, 0.25) is 0 Å². The third-order valence-electron chi connectivity index (χ3n) is 5.95. The van der Waals surface area contributed by atoms with E-state index in [-0.39, 0.29) is 10.6 Å². The first-order chi connectivity index (χ1) is 16.6. The van der Waals surface area contributed by atoms with E-state index in [0.29, 0.717) is 0 Å². The Morgan fingerprint density at radius 2 is 1.06 bits per heavy atom. The van der Waals surface area contributed by atoms with Gasteiger partial charge >= 0.3 is 0 Å². The Bertz CT molecular complexity index is 1430. The van der Waals surface area contributed by atoms with Gasteiger partial charge < -0.3 is 9.80 Å². The Balaban J connectivity index is 1.50. The maximum Gasteiger partial charge on any atom is 0.269 e. The van der Waals surface area contributed by atoms with Crippen molar-refractivity contribution in [1.82, 2.24) is 0 Å². The van der Waals surface area contributed by atoms with Gasteiger partial charge in [0.05, 0.1) is 4.92 Å². The summed E-state index contributed by atoms with van der Waals surface area (Å²) in [6.07, 6.45) is 0. The molecule has 0 aliphatic rings. The predicted molar refractivity (Wildman–Crippen MR) is 140 cm³/mol. The number of nitro benzene ring substituents is 1. The molecule has 0 N–H and O–H groups in total. The topological polar surface area (TPSA) is 49.6 Å². The lowest BCUT2D eigenvalue weighted by Gasteiger charge is -2.27. The van der Waals surface area contributed by atoms with Crippen molar-refractivity contribution >= 4 is 44.9 Å². The van der Waals surface area contributed by atoms with E-state index in [4.69, 9.17) is 0 Å². The zero-order valence-electron chi connectivity index (χ0n) is 18.7. The highest BCUT2D eigenvalue weighted by atomic mass is 16.6. The molecule has 5 aromatic carbocycles. The SMILES string of the molecule is CN(c1ccc(N(c2ccccc2)c2ccc3ccccc3c2)cc1)c1ccc([N+](=O)[O-])cc1. The highest BCUT2D eigenvalue weighted by Gasteiger charge is 2.14. The van der Waals surface area contributed by atoms with Crippen LogP contribution >= 0.6 is 0 Å². The lowest BCUT2D eigenvalue weighted by atomic mass is 10.1. The van der Waals surface area contributed by atoms with Crippen molar-refractivity contribution in [2.45, 2.75) is 0 Å². The molecule has 5 aromatic rings. The van der Waals surface area contributed by atoms with Crippen molar-refractivity contribution in [3.05, 3.63) is 131 Å². The van der Waals surface area contributed by atoms with Crippen molar-refractivity contribution < 1.29 is 4.92 Å². The molecule has 0 heterocycles. The molecular formula is C29H23N3O2. The second-order valence-corrected chi connectivity index (χ2v) is 8.05. The number of rotatable bonds is 6. The van der Waals surface area contributed by atoms with Gasteiger partial charge in [-0.15, -0.1) is 0 Å². The summed E-state index contributed by atoms with van der Waals surface area (Å²) in [5, 5.41) is 13.3. The smallest absolute Gasteiger partial charge is 0.269 e. The van der Waals surface area contributed by atoms with Crippen molar-refractivity contribution in [2.24, 2.45) is 0 Å². The molecule has 0 atom stereocenters. The molecule has 34 heavy (non-hydrogen) atoms. The number of hydrogen-bond acceptors (Lipinski definition) is 4. The highest BCUT2D eigenvalue weighted by molar-refractivity contribution is 5.89. The summed E-state index contributed by atoms with van der Waals surface area (Å²) in [4.78, 5) is 14.8. The summed E-state index contributed by atoms with van der Waals surface area (Å²) < 4.78 is 0. The number of fused-ring (bicyclic) bond motifs is 1. The van der Waals surface area contributed by atoms with Crippen LogP contribution in [0.5, 0.6) is 0 Å². The molecule has 0 saturated heterocycles. The van der Waals surface area contributed by atoms with E-state index in [1.54, 1.807) is 12.1 Å². The maximum atomic E-state index is 10.9. The van der Waals surface area contributed by atoms with Crippen LogP contribution in [-0.2, 0) is 0 Å². The van der Waals surface area contributed by atoms with Crippen LogP contribution in [0.1, 0.15) is 0 Å². The van der Waals surface area contributed by atoms with Crippen molar-refractivity contribution in [1.29, 1.82) is 0 Å². The molecule has 0 amide bonds. The minimum absolute atomic E-state index is 0.0846. The van der Waals surface area contributed by atoms with Gasteiger partial charge in [0.25, 0.3) is 5.69 Å². The second kappa shape index (κ2) is 9.08. The molecule has 5 heteroatoms. The first kappa shape index (κ1) is 21.2. The fourth-order valence-electron chi connectivity index (χ4n) is 4.11. The Labute approximate surface area is 198 Å². The van der Waals surface area contributed by atoms with Crippen molar-refractivity contribution in [3.8, 4) is 0 Å². The summed E-state index contributed by atoms with van der Waals surface area (Å²) in [5.41, 5.74) is 5.16. The average molecular weight is 446 g/mol. The predicted octanol–water partition coefficient (Wildman–Crippen LogP) is 7.99. The fraction of sp³-hybridized carbons (Fsp3) is 0.0345. The molecule has 0 fully saturated rings. The number of anilines is 5. The van der Waals surface area contributed by atoms with Crippen LogP contribution in [0.3, 0.4) is 0 Å². The molecule has 0 aliphatic heterocycles. The number of nitrogens with zero attached hydrogens (tertiary/aromatic N) is 3. The van der Waals surface area contributed by atoms with Crippen LogP contribution in [-0.4, -0.2) is 12.0 Å². The van der Waals surface area contributed by atoms with E-state index >= 15 is 0 Å². The highest BCUT2D eigenvalue weighted by Crippen LogP contribution is 2.37. The number of benzene rings is 5. The molecule has 0 saturated carbocycles. The third kappa shape index (κ3) is 4.19. The van der Waals surface area contributed by atoms with Crippen LogP contribution in [0, 0.1) is 10.1 Å². The monoisotopic (exact) mass is 445 g/mol. The molecule has 0 bridgehead atoms. The third-order valence-corrected chi connectivity index (χ3v) is 5.95. The number of nitro groups is 1. The standard InChI is InChI=1S/C29H23N3O2/c1-30(25-15-19-28(20-16-25)32(33)34)24-13-17-27(18-14-24)31(26-9-3-2-4-10-26)29-12-11-22-7-5-6-8-23(22)21-29/h2-21H,1H3. The quantitative estimate of drug-likeness (QED) is 0.196. The molecule has 0 spiro atoms. The maximum absolute atomic E-state index is 10.9. The van der Waals surface area contributed by atoms with Crippen LogP contribution in [0.4, 0.5) is 34.1 Å². The van der Waals surface area contributed by atoms with E-state index in [9.17, 15) is 10.1 Å². The summed E-state index contributed by atoms with van der Waals surface area (Å²) in [7, 11) is 1.95. The molecule has 0 aliphatic carbocycles. The number of para-hydroxylation sites is 1. The number of non-ortho nitro benzene ring substituents is 1. The Morgan fingerprint density at radius 3 is 1.71 bits per heavy atom. The summed E-state index contributed by atoms with van der Waals surface area (Å²) >= 11 is 0. The van der Waals surface area contributed by atoms with Crippen LogP contribution in [0.2, 0.25) is 0 Å². The molecule has 0 radical (unpaired) electrons. The summed E-state index contributed by atoms with van der Waals surface area (Å²) in [5.74, 6) is 0. The van der Waals surface area contributed by atoms with E-state index in [2.05, 4.69) is 83.8 Å². The van der Waals surface area contributed by atoms with E-state index in [1.807, 2.05) is 30.1 Å². The summed E-state index contributed by atoms with van der Waals surface area (Å²) in [6, 6.07) is 40.1. The minimum Gasteiger partial charge on any atom is -0.345 e. The Kier molecular flexibility index (Phi) is 5.67. The van der Waals surface area contributed by atoms with Crippen molar-refractivity contribution in [3.63, 3.8) is 0 Å². The minimum atomic E-state index is -0.385. The first-order valence-electron chi connectivity index (χ1n) is 11.0. The zero-order chi connectivity index (χ0) is 23.5. The van der Waals surface area contributed by atoms with Crippen LogP contribution in [0.25, 0.3) is 10.8 Å². The van der Waals surface area contributed by atoms with E-state index < -0.39 is 0 Å². The lowest BCUT2D eigenvalue weighted by molar-refractivity contribution is -0.384. The molecule has 5 rings (SSSR count). The molecule has 0 unspecified atom stereocenters. The van der Waals surface area contributed by atoms with Gasteiger partial charge in [-0.3, -0.25) is 10.1 Å². The summed E-state index contributed by atoms with van der Waals surface area (Å²) in [6.45, 7) is 0. The van der Waals surface area contributed by atoms with Gasteiger partial charge in [0.15, 0.2) is 0 Å². The van der Waals surface area contributed by atoms with Gasteiger partial charge in [-0.2, -0.15) is 0 Å². The first-order valence-corrected chi connectivity index (χ1v) is 11.0. The molecular weight excluding hydrogens is 422 g/mol. The largest absolute Gasteiger partial charge is 0.345 e. The second-order valence-electron chi connectivity index (χ2n) is 8.05. The molecule has 5 nitrogen and oxygen atoms in total. The van der Waals surface area contributed by atoms with Gasteiger partial charge in [-0.05, 0) is 71.4 Å². The van der Waals surface area contributed by atoms with Crippen LogP contribution in [0.15, 0.2) is 121 Å². The molecule has 0 aromatic heterocycles. The Hall–Kier alpha value is -4.64. The Morgan fingerprint density at radius 1 is 0.559 bits per heavy atom. The lowest BCUT2D eigenvalue weighted by Crippen LogP contribution is -2.12. The van der Waals surface area contributed by atoms with Gasteiger partial charge in [-0.1, -0.05) is 48.5 Å². The van der Waals surface area contributed by atoms with Crippen molar-refractivity contribution in [2.75, 3.05) is 16.8 Å². The van der Waals surface area contributed by atoms with E-state index in [1.165, 1.54) is 22.9 Å². The molecule has 166 valence electrons. The van der Waals surface area contributed by atoms with Crippen LogP contribution < -0.4 is 9.80 Å². The normalized spacial score (nSPS) is 10.7. The van der Waals surface area contributed by atoms with Gasteiger partial charge in [0.1, 0.15) is 0 Å². The van der Waals surface area contributed by atoms with Gasteiger partial charge in [0, 0.05) is 47.6 Å².